The van der Waals surface area contributed by atoms with E-state index in [9.17, 15) is 0 Å². The van der Waals surface area contributed by atoms with Crippen molar-refractivity contribution in [2.24, 2.45) is 0 Å². The maximum Gasteiger partial charge on any atom is -1.00 e. The molecule has 1 fully saturated rings. The van der Waals surface area contributed by atoms with Crippen LogP contribution < -0.4 is 35.2 Å². The van der Waals surface area contributed by atoms with Crippen LogP contribution in [0.2, 0.25) is 0 Å². The molecular weight excluding hydrogens is 454 g/mol. The first-order valence-corrected chi connectivity index (χ1v) is 17.9. The van der Waals surface area contributed by atoms with E-state index in [-0.39, 0.29) is 24.8 Å². The van der Waals surface area contributed by atoms with Gasteiger partial charge >= 0.3 is 166 Å². The first-order chi connectivity index (χ1) is 12.9. The smallest absolute Gasteiger partial charge is 1.00 e. The molecule has 2 aromatic rings. The predicted molar refractivity (Wildman–Crippen MR) is 115 cm³/mol. The molecule has 2 aliphatic rings. The molecule has 0 amide bonds. The monoisotopic (exact) mass is 480 g/mol. The second kappa shape index (κ2) is 12.5. The molecule has 0 spiro atoms. The topological polar surface area (TPSA) is 0 Å². The molecule has 1 unspecified atom stereocenters. The van der Waals surface area contributed by atoms with Crippen LogP contribution in [-0.2, 0) is 16.1 Å². The first-order valence-electron chi connectivity index (χ1n) is 9.89. The summed E-state index contributed by atoms with van der Waals surface area (Å²) in [5.74, 6) is 0. The van der Waals surface area contributed by atoms with Gasteiger partial charge in [-0.25, -0.2) is 0 Å². The normalized spacial score (nSPS) is 16.0. The quantitative estimate of drug-likeness (QED) is 0.388. The van der Waals surface area contributed by atoms with Gasteiger partial charge in [-0.15, -0.1) is 0 Å². The molecule has 2 aliphatic carbocycles. The molecule has 4 rings (SSSR count). The van der Waals surface area contributed by atoms with E-state index in [2.05, 4.69) is 78.9 Å². The fraction of sp³-hybridized carbons (Fsp3) is 0.304. The van der Waals surface area contributed by atoms with Crippen LogP contribution in [-0.4, -0.2) is 11.8 Å². The van der Waals surface area contributed by atoms with Gasteiger partial charge in [0, 0.05) is 0 Å². The predicted octanol–water partition coefficient (Wildman–Crippen LogP) is -0.811. The number of allylic oxidation sites excluding steroid dienone is 4. The zero-order valence-electron chi connectivity index (χ0n) is 16.1. The molecule has 0 heterocycles. The molecule has 2 aromatic carbocycles. The molecule has 0 saturated heterocycles. The zero-order valence-corrected chi connectivity index (χ0v) is 21.2. The van der Waals surface area contributed by atoms with Crippen molar-refractivity contribution in [1.29, 1.82) is 0 Å². The van der Waals surface area contributed by atoms with Gasteiger partial charge < -0.3 is 24.8 Å². The average Bonchev–Trinajstić information content (AvgIpc) is 3.25. The third-order valence-electron chi connectivity index (χ3n) is 5.42. The second-order valence-corrected chi connectivity index (χ2v) is 22.3. The Labute approximate surface area is 190 Å². The molecule has 0 aliphatic heterocycles. The molecule has 0 aromatic heterocycles. The van der Waals surface area contributed by atoms with Gasteiger partial charge in [0.2, 0.25) is 0 Å². The minimum Gasteiger partial charge on any atom is -1.00 e. The van der Waals surface area contributed by atoms with Gasteiger partial charge in [-0.2, -0.15) is 0 Å². The summed E-state index contributed by atoms with van der Waals surface area (Å²) in [6, 6.07) is 23.0. The van der Waals surface area contributed by atoms with E-state index < -0.39 is 22.3 Å². The molecule has 1 atom stereocenters. The largest absolute Gasteiger partial charge is 1.00 e. The Balaban J connectivity index is 0.00000140. The summed E-state index contributed by atoms with van der Waals surface area (Å²) < 4.78 is 1.86. The number of hydrogen-bond acceptors (Lipinski definition) is 0. The maximum atomic E-state index is 2.50. The Morgan fingerprint density at radius 3 is 1.86 bits per heavy atom. The van der Waals surface area contributed by atoms with Crippen LogP contribution in [0.1, 0.15) is 38.5 Å². The average molecular weight is 481 g/mol. The van der Waals surface area contributed by atoms with Gasteiger partial charge in [-0.3, -0.25) is 0 Å². The van der Waals surface area contributed by atoms with E-state index in [4.69, 9.17) is 0 Å². The third-order valence-corrected chi connectivity index (χ3v) is 26.4. The fourth-order valence-electron chi connectivity index (χ4n) is 4.07. The second-order valence-electron chi connectivity index (χ2n) is 7.29. The first kappa shape index (κ1) is 24.1. The van der Waals surface area contributed by atoms with E-state index in [1.54, 1.807) is 10.4 Å². The van der Waals surface area contributed by atoms with Crippen molar-refractivity contribution >= 4 is 23.1 Å². The van der Waals surface area contributed by atoms with Crippen molar-refractivity contribution in [1.82, 2.24) is 0 Å². The van der Waals surface area contributed by atoms with Gasteiger partial charge in [-0.1, -0.05) is 0 Å². The molecule has 0 N–H and O–H groups in total. The molecule has 0 nitrogen and oxygen atoms in total. The van der Waals surface area contributed by atoms with E-state index in [0.29, 0.717) is 0 Å². The van der Waals surface area contributed by atoms with Crippen molar-refractivity contribution in [3.63, 3.8) is 0 Å². The van der Waals surface area contributed by atoms with Gasteiger partial charge in [-0.05, 0) is 0 Å². The number of hydrogen-bond donors (Lipinski definition) is 0. The molecule has 0 radical (unpaired) electrons. The van der Waals surface area contributed by atoms with Crippen LogP contribution in [0.5, 0.6) is 0 Å². The fourth-order valence-corrected chi connectivity index (χ4v) is 28.7. The Kier molecular flexibility index (Phi) is 10.8. The molecule has 0 bridgehead atoms. The molecule has 28 heavy (non-hydrogen) atoms. The number of rotatable bonds is 5. The van der Waals surface area contributed by atoms with E-state index in [1.165, 1.54) is 45.1 Å². The number of halogens is 2. The zero-order chi connectivity index (χ0) is 17.6. The standard InChI is InChI=1S/C12H10Si.C6H12P.C5H5.2ClH.Ti/c1-3-7-11(8-4-1)13-12-9-5-2-6-10-12;7-6-4-2-1-3-5-6;1-2-4-5-3-1;;;/h1-10H;6-7H,1-5H2;1-3H,4H2;2*1H;/q;-1;;;;+3/p-2. The Morgan fingerprint density at radius 2 is 1.36 bits per heavy atom. The van der Waals surface area contributed by atoms with Crippen LogP contribution in [0, 0.1) is 0 Å². The Morgan fingerprint density at radius 1 is 0.786 bits per heavy atom. The van der Waals surface area contributed by atoms with Crippen molar-refractivity contribution in [2.45, 2.75) is 44.2 Å². The van der Waals surface area contributed by atoms with Crippen LogP contribution in [0.15, 0.2) is 82.8 Å². The van der Waals surface area contributed by atoms with Crippen molar-refractivity contribution in [3.05, 3.63) is 82.8 Å². The summed E-state index contributed by atoms with van der Waals surface area (Å²) in [4.78, 5) is 0. The van der Waals surface area contributed by atoms with E-state index in [1.807, 2.05) is 3.88 Å². The molecule has 5 heteroatoms. The van der Waals surface area contributed by atoms with Crippen LogP contribution >= 0.6 is 6.57 Å². The van der Waals surface area contributed by atoms with Crippen molar-refractivity contribution < 1.29 is 40.9 Å². The molecular formula is C23H27Cl2PSiTi. The summed E-state index contributed by atoms with van der Waals surface area (Å²) in [6.45, 7) is 1.24. The summed E-state index contributed by atoms with van der Waals surface area (Å²) >= 11 is -1.35. The summed E-state index contributed by atoms with van der Waals surface area (Å²) in [7, 11) is 0. The summed E-state index contributed by atoms with van der Waals surface area (Å²) in [6.07, 6.45) is 15.2. The van der Waals surface area contributed by atoms with Crippen molar-refractivity contribution in [2.75, 3.05) is 0 Å². The SMILES string of the molecule is C1=CC[C]([Ti+2]([PH]C2CCCCC2)=[Si](c2ccccc2)c2ccccc2)=C1.[Cl-].[Cl-]. The van der Waals surface area contributed by atoms with Gasteiger partial charge in [0.1, 0.15) is 0 Å². The van der Waals surface area contributed by atoms with E-state index >= 15 is 0 Å². The molecule has 1 saturated carbocycles. The van der Waals surface area contributed by atoms with E-state index in [0.717, 1.165) is 5.66 Å². The third kappa shape index (κ3) is 6.18. The van der Waals surface area contributed by atoms with Crippen LogP contribution in [0.4, 0.5) is 0 Å². The van der Waals surface area contributed by atoms with Crippen LogP contribution in [0.3, 0.4) is 0 Å². The van der Waals surface area contributed by atoms with Gasteiger partial charge in [0.15, 0.2) is 0 Å². The van der Waals surface area contributed by atoms with Crippen molar-refractivity contribution in [3.8, 4) is 0 Å². The minimum absolute atomic E-state index is 0. The Hall–Kier alpha value is -0.139. The Bertz CT molecular complexity index is 787. The van der Waals surface area contributed by atoms with Gasteiger partial charge in [0.05, 0.1) is 0 Å². The summed E-state index contributed by atoms with van der Waals surface area (Å²) in [5, 5.41) is 3.30. The number of benzene rings is 2. The van der Waals surface area contributed by atoms with Gasteiger partial charge in [0.25, 0.3) is 0 Å². The molecule has 146 valence electrons. The maximum absolute atomic E-state index is 2.50. The minimum atomic E-state index is -1.35. The summed E-state index contributed by atoms with van der Waals surface area (Å²) in [5.41, 5.74) is 1.02. The van der Waals surface area contributed by atoms with Crippen LogP contribution in [0.25, 0.3) is 0 Å².